The highest BCUT2D eigenvalue weighted by Crippen LogP contribution is 2.43. The van der Waals surface area contributed by atoms with Gasteiger partial charge in [0.1, 0.15) is 24.7 Å². The zero-order chi connectivity index (χ0) is 19.9. The fourth-order valence-corrected chi connectivity index (χ4v) is 5.88. The average molecular weight is 414 g/mol. The molecule has 7 nitrogen and oxygen atoms in total. The highest BCUT2D eigenvalue weighted by atomic mass is 32.2. The monoisotopic (exact) mass is 414 g/mol. The molecule has 2 heterocycles. The summed E-state index contributed by atoms with van der Waals surface area (Å²) in [6, 6.07) is 13.0. The molecule has 152 valence electrons. The maximum atomic E-state index is 13.1. The fourth-order valence-electron chi connectivity index (χ4n) is 4.33. The lowest BCUT2D eigenvalue weighted by molar-refractivity contribution is 0.171. The van der Waals surface area contributed by atoms with Crippen molar-refractivity contribution in [2.75, 3.05) is 13.2 Å². The molecule has 3 aromatic rings. The number of nitrogens with one attached hydrogen (secondary N) is 1. The minimum absolute atomic E-state index is 0.226. The minimum Gasteiger partial charge on any atom is -0.486 e. The van der Waals surface area contributed by atoms with Crippen LogP contribution in [-0.2, 0) is 21.3 Å². The molecule has 1 N–H and O–H groups in total. The second kappa shape index (κ2) is 7.03. The molecule has 29 heavy (non-hydrogen) atoms. The number of hydrogen-bond acceptors (Lipinski definition) is 6. The van der Waals surface area contributed by atoms with Crippen LogP contribution in [0.4, 0.5) is 0 Å². The molecule has 0 unspecified atom stereocenters. The van der Waals surface area contributed by atoms with E-state index < -0.39 is 15.6 Å². The van der Waals surface area contributed by atoms with Crippen LogP contribution >= 0.6 is 0 Å². The van der Waals surface area contributed by atoms with Crippen molar-refractivity contribution < 1.29 is 22.4 Å². The Hall–Kier alpha value is -2.58. The van der Waals surface area contributed by atoms with Crippen molar-refractivity contribution in [1.82, 2.24) is 9.88 Å². The number of fused-ring (bicyclic) bond motifs is 2. The van der Waals surface area contributed by atoms with Gasteiger partial charge in [-0.15, -0.1) is 0 Å². The smallest absolute Gasteiger partial charge is 0.218 e. The molecule has 2 aliphatic rings. The van der Waals surface area contributed by atoms with E-state index in [4.69, 9.17) is 14.0 Å². The number of para-hydroxylation sites is 1. The van der Waals surface area contributed by atoms with Gasteiger partial charge in [0.25, 0.3) is 0 Å². The summed E-state index contributed by atoms with van der Waals surface area (Å²) in [5.74, 6) is 1.14. The lowest BCUT2D eigenvalue weighted by Gasteiger charge is -2.31. The van der Waals surface area contributed by atoms with Gasteiger partial charge in [-0.25, -0.2) is 13.1 Å². The van der Waals surface area contributed by atoms with Crippen LogP contribution in [0.25, 0.3) is 11.0 Å². The molecule has 0 amide bonds. The summed E-state index contributed by atoms with van der Waals surface area (Å²) in [7, 11) is -3.65. The van der Waals surface area contributed by atoms with E-state index in [1.54, 1.807) is 6.07 Å². The predicted octanol–water partition coefficient (Wildman–Crippen LogP) is 3.49. The molecule has 0 spiro atoms. The van der Waals surface area contributed by atoms with Crippen LogP contribution in [0.1, 0.15) is 36.9 Å². The van der Waals surface area contributed by atoms with E-state index in [9.17, 15) is 8.42 Å². The summed E-state index contributed by atoms with van der Waals surface area (Å²) in [5.41, 5.74) is 1.27. The van der Waals surface area contributed by atoms with Crippen LogP contribution in [-0.4, -0.2) is 26.8 Å². The molecule has 2 aromatic carbocycles. The van der Waals surface area contributed by atoms with E-state index in [1.165, 1.54) is 0 Å². The van der Waals surface area contributed by atoms with Gasteiger partial charge >= 0.3 is 0 Å². The number of ether oxygens (including phenoxy) is 2. The minimum atomic E-state index is -3.65. The molecule has 8 heteroatoms. The summed E-state index contributed by atoms with van der Waals surface area (Å²) in [6.45, 7) is 1.02. The van der Waals surface area contributed by atoms with Crippen molar-refractivity contribution >= 4 is 21.0 Å². The van der Waals surface area contributed by atoms with Gasteiger partial charge < -0.3 is 14.0 Å². The molecule has 1 aliphatic carbocycles. The molecule has 0 bridgehead atoms. The Morgan fingerprint density at radius 3 is 2.59 bits per heavy atom. The molecule has 1 aromatic heterocycles. The van der Waals surface area contributed by atoms with Gasteiger partial charge in [-0.2, -0.15) is 0 Å². The first kappa shape index (κ1) is 18.4. The Balaban J connectivity index is 1.45. The maximum absolute atomic E-state index is 13.1. The largest absolute Gasteiger partial charge is 0.486 e. The zero-order valence-electron chi connectivity index (χ0n) is 15.9. The van der Waals surface area contributed by atoms with Crippen LogP contribution in [0.2, 0.25) is 0 Å². The number of sulfonamides is 1. The second-order valence-corrected chi connectivity index (χ2v) is 9.36. The van der Waals surface area contributed by atoms with Crippen molar-refractivity contribution in [2.45, 2.75) is 37.0 Å². The second-order valence-electron chi connectivity index (χ2n) is 7.63. The fraction of sp³-hybridized carbons (Fsp3) is 0.381. The molecule has 1 fully saturated rings. The molecule has 1 saturated carbocycles. The van der Waals surface area contributed by atoms with Crippen molar-refractivity contribution in [3.8, 4) is 11.5 Å². The number of nitrogens with zero attached hydrogens (tertiary/aromatic N) is 1. The summed E-state index contributed by atoms with van der Waals surface area (Å²) < 4.78 is 45.8. The van der Waals surface area contributed by atoms with Crippen molar-refractivity contribution in [3.63, 3.8) is 0 Å². The van der Waals surface area contributed by atoms with Crippen LogP contribution in [0, 0.1) is 0 Å². The van der Waals surface area contributed by atoms with E-state index >= 15 is 0 Å². The molecular weight excluding hydrogens is 392 g/mol. The Morgan fingerprint density at radius 2 is 1.76 bits per heavy atom. The summed E-state index contributed by atoms with van der Waals surface area (Å²) in [4.78, 5) is 0. The van der Waals surface area contributed by atoms with Gasteiger partial charge in [-0.1, -0.05) is 36.2 Å². The molecule has 0 radical (unpaired) electrons. The maximum Gasteiger partial charge on any atom is 0.218 e. The first-order valence-electron chi connectivity index (χ1n) is 9.80. The Kier molecular flexibility index (Phi) is 4.48. The SMILES string of the molecule is O=S(=O)(Cc1noc2ccccc12)NC1(c2ccc3c(c2)OCCO3)CCCC1. The summed E-state index contributed by atoms with van der Waals surface area (Å²) >= 11 is 0. The average Bonchev–Trinajstić information content (AvgIpc) is 3.35. The van der Waals surface area contributed by atoms with Gasteiger partial charge in [0.15, 0.2) is 17.1 Å². The van der Waals surface area contributed by atoms with Gasteiger partial charge in [0, 0.05) is 5.39 Å². The number of hydrogen-bond donors (Lipinski definition) is 1. The third-order valence-corrected chi connectivity index (χ3v) is 7.04. The first-order valence-corrected chi connectivity index (χ1v) is 11.5. The Bertz CT molecular complexity index is 1150. The lowest BCUT2D eigenvalue weighted by Crippen LogP contribution is -2.44. The van der Waals surface area contributed by atoms with Gasteiger partial charge in [0.05, 0.1) is 5.54 Å². The zero-order valence-corrected chi connectivity index (χ0v) is 16.7. The van der Waals surface area contributed by atoms with Gasteiger partial charge in [-0.3, -0.25) is 0 Å². The standard InChI is InChI=1S/C21H22N2O5S/c24-29(25,14-17-16-5-1-2-6-18(16)28-22-17)23-21(9-3-4-10-21)15-7-8-19-20(13-15)27-12-11-26-19/h1-2,5-8,13,23H,3-4,9-12,14H2. The third kappa shape index (κ3) is 3.47. The number of rotatable bonds is 5. The third-order valence-electron chi connectivity index (χ3n) is 5.68. The van der Waals surface area contributed by atoms with Crippen LogP contribution in [0.3, 0.4) is 0 Å². The van der Waals surface area contributed by atoms with Crippen molar-refractivity contribution in [3.05, 3.63) is 53.7 Å². The van der Waals surface area contributed by atoms with E-state index in [-0.39, 0.29) is 5.75 Å². The summed E-state index contributed by atoms with van der Waals surface area (Å²) in [5, 5.41) is 4.70. The Morgan fingerprint density at radius 1 is 1.00 bits per heavy atom. The topological polar surface area (TPSA) is 90.7 Å². The first-order chi connectivity index (χ1) is 14.0. The Labute approximate surface area is 169 Å². The molecule has 5 rings (SSSR count). The van der Waals surface area contributed by atoms with Crippen LogP contribution in [0.15, 0.2) is 47.0 Å². The predicted molar refractivity (Wildman–Crippen MR) is 107 cm³/mol. The van der Waals surface area contributed by atoms with E-state index in [0.29, 0.717) is 36.0 Å². The molecule has 0 atom stereocenters. The van der Waals surface area contributed by atoms with Crippen molar-refractivity contribution in [1.29, 1.82) is 0 Å². The normalized spacial score (nSPS) is 18.2. The van der Waals surface area contributed by atoms with Crippen molar-refractivity contribution in [2.24, 2.45) is 0 Å². The molecule has 1 aliphatic heterocycles. The molecule has 0 saturated heterocycles. The lowest BCUT2D eigenvalue weighted by atomic mass is 9.89. The highest BCUT2D eigenvalue weighted by Gasteiger charge is 2.40. The van der Waals surface area contributed by atoms with Crippen LogP contribution < -0.4 is 14.2 Å². The number of benzene rings is 2. The number of aromatic nitrogens is 1. The van der Waals surface area contributed by atoms with E-state index in [0.717, 1.165) is 36.6 Å². The van der Waals surface area contributed by atoms with E-state index in [1.807, 2.05) is 36.4 Å². The quantitative estimate of drug-likeness (QED) is 0.687. The van der Waals surface area contributed by atoms with Crippen LogP contribution in [0.5, 0.6) is 11.5 Å². The molecular formula is C21H22N2O5S. The summed E-state index contributed by atoms with van der Waals surface area (Å²) in [6.07, 6.45) is 3.41. The van der Waals surface area contributed by atoms with Gasteiger partial charge in [0.2, 0.25) is 10.0 Å². The van der Waals surface area contributed by atoms with Gasteiger partial charge in [-0.05, 0) is 42.7 Å². The highest BCUT2D eigenvalue weighted by molar-refractivity contribution is 7.88. The van der Waals surface area contributed by atoms with E-state index in [2.05, 4.69) is 9.88 Å².